The molecule has 25 heavy (non-hydrogen) atoms. The van der Waals surface area contributed by atoms with Gasteiger partial charge in [0.05, 0.1) is 6.61 Å². The molecular formula is C18H19N3O3S. The lowest BCUT2D eigenvalue weighted by Gasteiger charge is -2.06. The number of methoxy groups -OCH3 is 1. The maximum atomic E-state index is 12.0. The number of ether oxygens (including phenoxy) is 1. The number of amides is 1. The Bertz CT molecular complexity index is 815. The van der Waals surface area contributed by atoms with Crippen LogP contribution in [0.5, 0.6) is 0 Å². The third-order valence-electron chi connectivity index (χ3n) is 3.61. The molecule has 0 saturated heterocycles. The second-order valence-electron chi connectivity index (χ2n) is 5.55. The van der Waals surface area contributed by atoms with Crippen LogP contribution in [0.4, 0.5) is 0 Å². The summed E-state index contributed by atoms with van der Waals surface area (Å²) in [5.41, 5.74) is 3.06. The van der Waals surface area contributed by atoms with Crippen LogP contribution < -0.4 is 5.32 Å². The molecule has 0 spiro atoms. The molecule has 1 aromatic carbocycles. The van der Waals surface area contributed by atoms with Gasteiger partial charge in [-0.05, 0) is 22.6 Å². The topological polar surface area (TPSA) is 77.2 Å². The lowest BCUT2D eigenvalue weighted by atomic mass is 10.1. The highest BCUT2D eigenvalue weighted by Gasteiger charge is 2.11. The molecule has 0 fully saturated rings. The average Bonchev–Trinajstić information content (AvgIpc) is 3.30. The van der Waals surface area contributed by atoms with E-state index in [0.29, 0.717) is 37.7 Å². The molecule has 0 bridgehead atoms. The van der Waals surface area contributed by atoms with Gasteiger partial charge in [0.1, 0.15) is 0 Å². The molecule has 0 aliphatic rings. The molecule has 3 aromatic rings. The van der Waals surface area contributed by atoms with Crippen LogP contribution in [-0.2, 0) is 29.1 Å². The van der Waals surface area contributed by atoms with Gasteiger partial charge in [-0.25, -0.2) is 0 Å². The Morgan fingerprint density at radius 3 is 3.00 bits per heavy atom. The predicted molar refractivity (Wildman–Crippen MR) is 94.9 cm³/mol. The van der Waals surface area contributed by atoms with Crippen LogP contribution in [0.2, 0.25) is 0 Å². The third-order valence-corrected chi connectivity index (χ3v) is 4.29. The Balaban J connectivity index is 1.46. The summed E-state index contributed by atoms with van der Waals surface area (Å²) >= 11 is 1.58. The molecule has 0 atom stereocenters. The second kappa shape index (κ2) is 8.55. The van der Waals surface area contributed by atoms with Crippen LogP contribution in [0.3, 0.4) is 0 Å². The molecule has 0 radical (unpaired) electrons. The first-order valence-corrected chi connectivity index (χ1v) is 8.87. The number of hydrogen-bond acceptors (Lipinski definition) is 6. The van der Waals surface area contributed by atoms with Gasteiger partial charge in [0.15, 0.2) is 0 Å². The number of aryl methyl sites for hydroxylation is 1. The number of nitrogens with one attached hydrogen (secondary N) is 1. The van der Waals surface area contributed by atoms with Gasteiger partial charge < -0.3 is 14.6 Å². The third kappa shape index (κ3) is 4.98. The summed E-state index contributed by atoms with van der Waals surface area (Å²) in [4.78, 5) is 16.3. The highest BCUT2D eigenvalue weighted by molar-refractivity contribution is 7.08. The Morgan fingerprint density at radius 1 is 1.32 bits per heavy atom. The van der Waals surface area contributed by atoms with Crippen molar-refractivity contribution in [3.05, 3.63) is 58.1 Å². The SMILES string of the molecule is COCc1cccc(CNC(=O)CCc2nc(-c3ccsc3)no2)c1. The standard InChI is InChI=1S/C18H19N3O3S/c1-23-11-14-4-2-3-13(9-14)10-19-16(22)5-6-17-20-18(21-24-17)15-7-8-25-12-15/h2-4,7-9,12H,5-6,10-11H2,1H3,(H,19,22). The smallest absolute Gasteiger partial charge is 0.227 e. The number of rotatable bonds is 8. The van der Waals surface area contributed by atoms with Crippen molar-refractivity contribution >= 4 is 17.2 Å². The van der Waals surface area contributed by atoms with Crippen molar-refractivity contribution in [1.29, 1.82) is 0 Å². The quantitative estimate of drug-likeness (QED) is 0.670. The van der Waals surface area contributed by atoms with E-state index in [2.05, 4.69) is 15.5 Å². The molecule has 7 heteroatoms. The number of thiophene rings is 1. The number of carbonyl (C=O) groups excluding carboxylic acids is 1. The lowest BCUT2D eigenvalue weighted by Crippen LogP contribution is -2.23. The highest BCUT2D eigenvalue weighted by Crippen LogP contribution is 2.19. The van der Waals surface area contributed by atoms with Crippen molar-refractivity contribution in [3.63, 3.8) is 0 Å². The summed E-state index contributed by atoms with van der Waals surface area (Å²) in [6, 6.07) is 9.89. The fourth-order valence-corrected chi connectivity index (χ4v) is 3.01. The van der Waals surface area contributed by atoms with Crippen molar-refractivity contribution in [2.24, 2.45) is 0 Å². The van der Waals surface area contributed by atoms with Crippen LogP contribution in [0.25, 0.3) is 11.4 Å². The molecule has 1 amide bonds. The van der Waals surface area contributed by atoms with Crippen LogP contribution in [0, 0.1) is 0 Å². The summed E-state index contributed by atoms with van der Waals surface area (Å²) in [6.45, 7) is 1.05. The van der Waals surface area contributed by atoms with Gasteiger partial charge in [-0.3, -0.25) is 4.79 Å². The van der Waals surface area contributed by atoms with E-state index in [9.17, 15) is 4.79 Å². The molecular weight excluding hydrogens is 338 g/mol. The first kappa shape index (κ1) is 17.3. The Labute approximate surface area is 149 Å². The van der Waals surface area contributed by atoms with E-state index in [0.717, 1.165) is 16.7 Å². The minimum Gasteiger partial charge on any atom is -0.380 e. The first-order chi connectivity index (χ1) is 12.2. The number of carbonyl (C=O) groups is 1. The molecule has 2 aromatic heterocycles. The van der Waals surface area contributed by atoms with Gasteiger partial charge in [0.25, 0.3) is 0 Å². The van der Waals surface area contributed by atoms with Crippen molar-refractivity contribution < 1.29 is 14.1 Å². The molecule has 2 heterocycles. The van der Waals surface area contributed by atoms with Crippen molar-refractivity contribution in [1.82, 2.24) is 15.5 Å². The Morgan fingerprint density at radius 2 is 2.20 bits per heavy atom. The largest absolute Gasteiger partial charge is 0.380 e. The van der Waals surface area contributed by atoms with E-state index in [1.807, 2.05) is 41.1 Å². The summed E-state index contributed by atoms with van der Waals surface area (Å²) in [5, 5.41) is 10.8. The number of hydrogen-bond donors (Lipinski definition) is 1. The highest BCUT2D eigenvalue weighted by atomic mass is 32.1. The van der Waals surface area contributed by atoms with Gasteiger partial charge in [-0.1, -0.05) is 29.4 Å². The van der Waals surface area contributed by atoms with Crippen molar-refractivity contribution in [2.75, 3.05) is 7.11 Å². The molecule has 1 N–H and O–H groups in total. The number of aromatic nitrogens is 2. The second-order valence-corrected chi connectivity index (χ2v) is 6.33. The molecule has 3 rings (SSSR count). The van der Waals surface area contributed by atoms with E-state index in [1.165, 1.54) is 0 Å². The molecule has 130 valence electrons. The minimum absolute atomic E-state index is 0.0487. The normalized spacial score (nSPS) is 10.8. The van der Waals surface area contributed by atoms with Gasteiger partial charge in [-0.15, -0.1) is 0 Å². The number of nitrogens with zero attached hydrogens (tertiary/aromatic N) is 2. The summed E-state index contributed by atoms with van der Waals surface area (Å²) in [7, 11) is 1.66. The molecule has 0 aliphatic carbocycles. The summed E-state index contributed by atoms with van der Waals surface area (Å²) in [6.07, 6.45) is 0.732. The van der Waals surface area contributed by atoms with Gasteiger partial charge in [0, 0.05) is 37.4 Å². The zero-order chi connectivity index (χ0) is 17.5. The van der Waals surface area contributed by atoms with E-state index < -0.39 is 0 Å². The minimum atomic E-state index is -0.0487. The van der Waals surface area contributed by atoms with E-state index in [4.69, 9.17) is 9.26 Å². The van der Waals surface area contributed by atoms with E-state index in [1.54, 1.807) is 18.4 Å². The zero-order valence-corrected chi connectivity index (χ0v) is 14.7. The Kier molecular flexibility index (Phi) is 5.92. The van der Waals surface area contributed by atoms with Gasteiger partial charge in [0.2, 0.25) is 17.6 Å². The fourth-order valence-electron chi connectivity index (χ4n) is 2.37. The predicted octanol–water partition coefficient (Wildman–Crippen LogP) is 3.19. The lowest BCUT2D eigenvalue weighted by molar-refractivity contribution is -0.121. The van der Waals surface area contributed by atoms with Gasteiger partial charge >= 0.3 is 0 Å². The number of benzene rings is 1. The van der Waals surface area contributed by atoms with Crippen LogP contribution in [0.1, 0.15) is 23.4 Å². The van der Waals surface area contributed by atoms with Crippen molar-refractivity contribution in [2.45, 2.75) is 26.0 Å². The summed E-state index contributed by atoms with van der Waals surface area (Å²) < 4.78 is 10.3. The molecule has 0 aliphatic heterocycles. The monoisotopic (exact) mass is 357 g/mol. The first-order valence-electron chi connectivity index (χ1n) is 7.93. The summed E-state index contributed by atoms with van der Waals surface area (Å²) in [5.74, 6) is 0.984. The van der Waals surface area contributed by atoms with E-state index in [-0.39, 0.29) is 5.91 Å². The van der Waals surface area contributed by atoms with Crippen LogP contribution in [-0.4, -0.2) is 23.2 Å². The fraction of sp³-hybridized carbons (Fsp3) is 0.278. The Hall–Kier alpha value is -2.51. The van der Waals surface area contributed by atoms with Crippen molar-refractivity contribution in [3.8, 4) is 11.4 Å². The zero-order valence-electron chi connectivity index (χ0n) is 13.9. The molecule has 6 nitrogen and oxygen atoms in total. The average molecular weight is 357 g/mol. The van der Waals surface area contributed by atoms with E-state index >= 15 is 0 Å². The molecule has 0 saturated carbocycles. The van der Waals surface area contributed by atoms with Crippen LogP contribution >= 0.6 is 11.3 Å². The van der Waals surface area contributed by atoms with Crippen LogP contribution in [0.15, 0.2) is 45.6 Å². The molecule has 0 unspecified atom stereocenters. The van der Waals surface area contributed by atoms with Gasteiger partial charge in [-0.2, -0.15) is 16.3 Å². The maximum Gasteiger partial charge on any atom is 0.227 e. The maximum absolute atomic E-state index is 12.0.